The van der Waals surface area contributed by atoms with Gasteiger partial charge in [-0.15, -0.1) is 0 Å². The third-order valence-electron chi connectivity index (χ3n) is 2.39. The van der Waals surface area contributed by atoms with E-state index in [0.717, 1.165) is 5.69 Å². The maximum Gasteiger partial charge on any atom is 0.270 e. The Kier molecular flexibility index (Phi) is 2.91. The van der Waals surface area contributed by atoms with Gasteiger partial charge in [0.2, 0.25) is 0 Å². The van der Waals surface area contributed by atoms with Gasteiger partial charge in [0, 0.05) is 29.3 Å². The molecule has 0 saturated carbocycles. The van der Waals surface area contributed by atoms with Gasteiger partial charge in [-0.25, -0.2) is 0 Å². The van der Waals surface area contributed by atoms with Gasteiger partial charge in [-0.2, -0.15) is 0 Å². The Bertz CT molecular complexity index is 581. The minimum atomic E-state index is -0.422. The van der Waals surface area contributed by atoms with Crippen molar-refractivity contribution in [3.05, 3.63) is 40.1 Å². The fourth-order valence-corrected chi connectivity index (χ4v) is 1.70. The van der Waals surface area contributed by atoms with Gasteiger partial charge < -0.3 is 4.74 Å². The second kappa shape index (κ2) is 4.37. The molecule has 0 radical (unpaired) electrons. The van der Waals surface area contributed by atoms with Crippen LogP contribution in [0.1, 0.15) is 12.6 Å². The fraction of sp³-hybridized carbons (Fsp3) is 0.250. The number of nitro benzene ring substituents is 1. The van der Waals surface area contributed by atoms with Gasteiger partial charge in [-0.3, -0.25) is 15.1 Å². The molecule has 0 aliphatic rings. The molecule has 0 aliphatic carbocycles. The van der Waals surface area contributed by atoms with Crippen molar-refractivity contribution >= 4 is 16.6 Å². The van der Waals surface area contributed by atoms with Crippen LogP contribution in [0.5, 0.6) is 5.75 Å². The Morgan fingerprint density at radius 2 is 2.18 bits per heavy atom. The zero-order valence-corrected chi connectivity index (χ0v) is 9.64. The number of fused-ring (bicyclic) bond motifs is 1. The van der Waals surface area contributed by atoms with Gasteiger partial charge in [0.15, 0.2) is 0 Å². The third kappa shape index (κ3) is 2.18. The molecule has 0 unspecified atom stereocenters. The van der Waals surface area contributed by atoms with Gasteiger partial charge in [0.05, 0.1) is 17.0 Å². The number of rotatable bonds is 3. The van der Waals surface area contributed by atoms with E-state index < -0.39 is 4.92 Å². The van der Waals surface area contributed by atoms with E-state index >= 15 is 0 Å². The predicted molar refractivity (Wildman–Crippen MR) is 64.3 cm³/mol. The first kappa shape index (κ1) is 11.3. The van der Waals surface area contributed by atoms with E-state index in [1.54, 1.807) is 12.1 Å². The van der Waals surface area contributed by atoms with Crippen molar-refractivity contribution in [3.8, 4) is 5.75 Å². The number of pyridine rings is 1. The van der Waals surface area contributed by atoms with Crippen LogP contribution in [0.15, 0.2) is 24.3 Å². The molecule has 1 aromatic heterocycles. The number of non-ortho nitro benzene ring substituents is 1. The highest BCUT2D eigenvalue weighted by Crippen LogP contribution is 2.28. The summed E-state index contributed by atoms with van der Waals surface area (Å²) in [4.78, 5) is 14.6. The molecule has 5 heteroatoms. The topological polar surface area (TPSA) is 65.3 Å². The number of benzene rings is 1. The molecule has 17 heavy (non-hydrogen) atoms. The molecular formula is C12H12N2O3. The molecule has 88 valence electrons. The number of nitro groups is 1. The minimum absolute atomic E-state index is 0.0455. The average Bonchev–Trinajstić information content (AvgIpc) is 2.28. The average molecular weight is 232 g/mol. The first-order valence-electron chi connectivity index (χ1n) is 5.30. The monoisotopic (exact) mass is 232 g/mol. The summed E-state index contributed by atoms with van der Waals surface area (Å²) in [5, 5.41) is 11.4. The zero-order valence-electron chi connectivity index (χ0n) is 9.64. The van der Waals surface area contributed by atoms with Gasteiger partial charge in [-0.05, 0) is 19.9 Å². The molecule has 0 aliphatic heterocycles. The predicted octanol–water partition coefficient (Wildman–Crippen LogP) is 2.85. The van der Waals surface area contributed by atoms with Crippen molar-refractivity contribution < 1.29 is 9.66 Å². The lowest BCUT2D eigenvalue weighted by Crippen LogP contribution is -1.96. The van der Waals surface area contributed by atoms with E-state index in [1.165, 1.54) is 12.1 Å². The second-order valence-electron chi connectivity index (χ2n) is 3.65. The summed E-state index contributed by atoms with van der Waals surface area (Å²) in [6.07, 6.45) is 0. The van der Waals surface area contributed by atoms with Crippen LogP contribution < -0.4 is 4.74 Å². The summed E-state index contributed by atoms with van der Waals surface area (Å²) < 4.78 is 5.47. The number of hydrogen-bond acceptors (Lipinski definition) is 4. The zero-order chi connectivity index (χ0) is 12.4. The van der Waals surface area contributed by atoms with E-state index in [9.17, 15) is 10.1 Å². The van der Waals surface area contributed by atoms with E-state index in [4.69, 9.17) is 4.74 Å². The summed E-state index contributed by atoms with van der Waals surface area (Å²) in [5.41, 5.74) is 1.58. The van der Waals surface area contributed by atoms with Gasteiger partial charge in [0.25, 0.3) is 5.69 Å². The number of aryl methyl sites for hydroxylation is 1. The van der Waals surface area contributed by atoms with Crippen LogP contribution in [-0.2, 0) is 0 Å². The van der Waals surface area contributed by atoms with Crippen LogP contribution >= 0.6 is 0 Å². The molecule has 0 bridgehead atoms. The quantitative estimate of drug-likeness (QED) is 0.602. The van der Waals surface area contributed by atoms with Crippen molar-refractivity contribution in [1.82, 2.24) is 4.98 Å². The van der Waals surface area contributed by atoms with Crippen molar-refractivity contribution in [2.75, 3.05) is 6.61 Å². The second-order valence-corrected chi connectivity index (χ2v) is 3.65. The van der Waals surface area contributed by atoms with Crippen LogP contribution in [0.3, 0.4) is 0 Å². The molecule has 0 amide bonds. The lowest BCUT2D eigenvalue weighted by molar-refractivity contribution is -0.384. The summed E-state index contributed by atoms with van der Waals surface area (Å²) >= 11 is 0. The minimum Gasteiger partial charge on any atom is -0.493 e. The van der Waals surface area contributed by atoms with Gasteiger partial charge in [-0.1, -0.05) is 0 Å². The summed E-state index contributed by atoms with van der Waals surface area (Å²) in [5.74, 6) is 0.638. The van der Waals surface area contributed by atoms with Crippen LogP contribution in [0.2, 0.25) is 0 Å². The molecule has 2 aromatic rings. The van der Waals surface area contributed by atoms with Gasteiger partial charge in [0.1, 0.15) is 5.75 Å². The highest BCUT2D eigenvalue weighted by atomic mass is 16.6. The highest BCUT2D eigenvalue weighted by molar-refractivity contribution is 5.87. The molecule has 1 aromatic carbocycles. The SMILES string of the molecule is CCOc1cc(C)nc2ccc([N+](=O)[O-])cc12. The lowest BCUT2D eigenvalue weighted by atomic mass is 10.1. The first-order valence-corrected chi connectivity index (χ1v) is 5.30. The molecule has 1 heterocycles. The molecule has 0 atom stereocenters. The fourth-order valence-electron chi connectivity index (χ4n) is 1.70. The van der Waals surface area contributed by atoms with Crippen molar-refractivity contribution in [2.24, 2.45) is 0 Å². The first-order chi connectivity index (χ1) is 8.11. The molecule has 5 nitrogen and oxygen atoms in total. The third-order valence-corrected chi connectivity index (χ3v) is 2.39. The normalized spacial score (nSPS) is 10.5. The molecule has 0 saturated heterocycles. The molecule has 0 N–H and O–H groups in total. The number of aromatic nitrogens is 1. The van der Waals surface area contributed by atoms with Crippen LogP contribution in [-0.4, -0.2) is 16.5 Å². The number of hydrogen-bond donors (Lipinski definition) is 0. The Labute approximate surface area is 98.2 Å². The summed E-state index contributed by atoms with van der Waals surface area (Å²) in [7, 11) is 0. The largest absolute Gasteiger partial charge is 0.493 e. The van der Waals surface area contributed by atoms with Crippen molar-refractivity contribution in [2.45, 2.75) is 13.8 Å². The Morgan fingerprint density at radius 1 is 1.41 bits per heavy atom. The smallest absolute Gasteiger partial charge is 0.270 e. The number of ether oxygens (including phenoxy) is 1. The Balaban J connectivity index is 2.68. The number of nitrogens with zero attached hydrogens (tertiary/aromatic N) is 2. The van der Waals surface area contributed by atoms with Crippen LogP contribution in [0.4, 0.5) is 5.69 Å². The highest BCUT2D eigenvalue weighted by Gasteiger charge is 2.11. The van der Waals surface area contributed by atoms with E-state index in [0.29, 0.717) is 23.3 Å². The summed E-state index contributed by atoms with van der Waals surface area (Å²) in [6, 6.07) is 6.37. The standard InChI is InChI=1S/C12H12N2O3/c1-3-17-12-6-8(2)13-11-5-4-9(14(15)16)7-10(11)12/h4-7H,3H2,1-2H3. The summed E-state index contributed by atoms with van der Waals surface area (Å²) in [6.45, 7) is 4.25. The molecule has 2 rings (SSSR count). The molecule has 0 spiro atoms. The van der Waals surface area contributed by atoms with Crippen molar-refractivity contribution in [1.29, 1.82) is 0 Å². The van der Waals surface area contributed by atoms with Crippen molar-refractivity contribution in [3.63, 3.8) is 0 Å². The maximum atomic E-state index is 10.7. The van der Waals surface area contributed by atoms with Crippen LogP contribution in [0.25, 0.3) is 10.9 Å². The van der Waals surface area contributed by atoms with E-state index in [2.05, 4.69) is 4.98 Å². The van der Waals surface area contributed by atoms with Crippen LogP contribution in [0, 0.1) is 17.0 Å². The van der Waals surface area contributed by atoms with E-state index in [-0.39, 0.29) is 5.69 Å². The lowest BCUT2D eigenvalue weighted by Gasteiger charge is -2.08. The Hall–Kier alpha value is -2.17. The molecule has 0 fully saturated rings. The molecular weight excluding hydrogens is 220 g/mol. The Morgan fingerprint density at radius 3 is 2.82 bits per heavy atom. The van der Waals surface area contributed by atoms with E-state index in [1.807, 2.05) is 13.8 Å². The maximum absolute atomic E-state index is 10.7. The van der Waals surface area contributed by atoms with Gasteiger partial charge >= 0.3 is 0 Å².